The van der Waals surface area contributed by atoms with E-state index in [2.05, 4.69) is 47.0 Å². The Morgan fingerprint density at radius 2 is 1.56 bits per heavy atom. The maximum atomic E-state index is 14.0. The molecule has 0 radical (unpaired) electrons. The Labute approximate surface area is 233 Å². The first-order valence-corrected chi connectivity index (χ1v) is 14.4. The van der Waals surface area contributed by atoms with Crippen molar-refractivity contribution in [3.05, 3.63) is 71.8 Å². The van der Waals surface area contributed by atoms with E-state index in [0.29, 0.717) is 19.0 Å². The molecule has 2 heterocycles. The highest BCUT2D eigenvalue weighted by Crippen LogP contribution is 2.39. The van der Waals surface area contributed by atoms with Gasteiger partial charge in [-0.1, -0.05) is 74.5 Å². The molecular formula is C32H44N4O3. The molecule has 0 aromatic heterocycles. The minimum Gasteiger partial charge on any atom is -0.343 e. The fraction of sp³-hybridized carbons (Fsp3) is 0.531. The van der Waals surface area contributed by atoms with Crippen molar-refractivity contribution in [2.45, 2.75) is 64.6 Å². The number of aryl methyl sites for hydroxylation is 1. The molecule has 0 saturated carbocycles. The lowest BCUT2D eigenvalue weighted by molar-refractivity contribution is -0.151. The molecule has 210 valence electrons. The van der Waals surface area contributed by atoms with Crippen LogP contribution in [-0.2, 0) is 27.2 Å². The van der Waals surface area contributed by atoms with Crippen molar-refractivity contribution in [1.29, 1.82) is 0 Å². The quantitative estimate of drug-likeness (QED) is 0.465. The third kappa shape index (κ3) is 6.88. The average Bonchev–Trinajstić information content (AvgIpc) is 3.41. The summed E-state index contributed by atoms with van der Waals surface area (Å²) in [5, 5.41) is 5.89. The summed E-state index contributed by atoms with van der Waals surface area (Å²) in [5.41, 5.74) is 2.50. The molecule has 5 atom stereocenters. The Balaban J connectivity index is 1.54. The normalized spacial score (nSPS) is 22.5. The van der Waals surface area contributed by atoms with Crippen molar-refractivity contribution in [2.24, 2.45) is 17.8 Å². The maximum absolute atomic E-state index is 14.0. The fourth-order valence-electron chi connectivity index (χ4n) is 6.08. The number of piperidine rings is 1. The van der Waals surface area contributed by atoms with Crippen molar-refractivity contribution in [1.82, 2.24) is 20.4 Å². The monoisotopic (exact) mass is 532 g/mol. The van der Waals surface area contributed by atoms with Crippen LogP contribution in [0.25, 0.3) is 0 Å². The second kappa shape index (κ2) is 13.2. The van der Waals surface area contributed by atoms with Crippen LogP contribution in [0.15, 0.2) is 60.7 Å². The van der Waals surface area contributed by atoms with Crippen molar-refractivity contribution in [2.75, 3.05) is 26.7 Å². The highest BCUT2D eigenvalue weighted by Gasteiger charge is 2.51. The lowest BCUT2D eigenvalue weighted by Crippen LogP contribution is -2.61. The van der Waals surface area contributed by atoms with Gasteiger partial charge >= 0.3 is 0 Å². The highest BCUT2D eigenvalue weighted by molar-refractivity contribution is 5.94. The van der Waals surface area contributed by atoms with Crippen LogP contribution in [0.3, 0.4) is 0 Å². The van der Waals surface area contributed by atoms with Gasteiger partial charge in [0, 0.05) is 19.6 Å². The fourth-order valence-corrected chi connectivity index (χ4v) is 6.08. The zero-order valence-corrected chi connectivity index (χ0v) is 23.8. The predicted molar refractivity (Wildman–Crippen MR) is 154 cm³/mol. The van der Waals surface area contributed by atoms with Gasteiger partial charge in [0.05, 0.1) is 6.04 Å². The maximum Gasteiger partial charge on any atom is 0.246 e. The van der Waals surface area contributed by atoms with Crippen LogP contribution < -0.4 is 10.6 Å². The Hall–Kier alpha value is -3.19. The number of amides is 3. The second-order valence-corrected chi connectivity index (χ2v) is 11.5. The van der Waals surface area contributed by atoms with Crippen LogP contribution in [0.2, 0.25) is 0 Å². The standard InChI is InChI=1S/C32H44N4O3/c1-22(2)28(34-30(37)23(3)33-4)31(38)36-20-18-27-26(16-15-24-11-7-5-8-12-24)21-35(32(39)29(27)36)19-17-25-13-9-6-10-14-25/h5-14,22-23,26-29,33H,15-21H2,1-4H3,(H,34,37)/t23-,26+,27?,28-,29?/m0/s1. The van der Waals surface area contributed by atoms with E-state index in [9.17, 15) is 14.4 Å². The highest BCUT2D eigenvalue weighted by atomic mass is 16.2. The van der Waals surface area contributed by atoms with Crippen LogP contribution in [0.4, 0.5) is 0 Å². The number of carbonyl (C=O) groups excluding carboxylic acids is 3. The number of hydrogen-bond donors (Lipinski definition) is 2. The summed E-state index contributed by atoms with van der Waals surface area (Å²) in [5.74, 6) is 0.0620. The summed E-state index contributed by atoms with van der Waals surface area (Å²) >= 11 is 0. The van der Waals surface area contributed by atoms with Crippen LogP contribution in [0.1, 0.15) is 44.7 Å². The van der Waals surface area contributed by atoms with Crippen molar-refractivity contribution in [3.63, 3.8) is 0 Å². The van der Waals surface area contributed by atoms with E-state index in [-0.39, 0.29) is 29.6 Å². The SMILES string of the molecule is CN[C@@H](C)C(=O)N[C@H](C(=O)N1CCC2C1C(=O)N(CCc1ccccc1)C[C@H]2CCc1ccccc1)C(C)C. The van der Waals surface area contributed by atoms with E-state index in [1.165, 1.54) is 11.1 Å². The Morgan fingerprint density at radius 1 is 0.949 bits per heavy atom. The van der Waals surface area contributed by atoms with Gasteiger partial charge in [-0.3, -0.25) is 14.4 Å². The molecule has 39 heavy (non-hydrogen) atoms. The second-order valence-electron chi connectivity index (χ2n) is 11.5. The molecule has 2 aliphatic rings. The van der Waals surface area contributed by atoms with E-state index in [1.54, 1.807) is 18.9 Å². The van der Waals surface area contributed by atoms with Gasteiger partial charge in [-0.25, -0.2) is 0 Å². The number of rotatable bonds is 11. The molecule has 0 aliphatic carbocycles. The number of benzene rings is 2. The van der Waals surface area contributed by atoms with Crippen LogP contribution in [0, 0.1) is 17.8 Å². The van der Waals surface area contributed by atoms with Crippen molar-refractivity contribution >= 4 is 17.7 Å². The van der Waals surface area contributed by atoms with Crippen LogP contribution >= 0.6 is 0 Å². The molecule has 7 nitrogen and oxygen atoms in total. The van der Waals surface area contributed by atoms with Crippen LogP contribution in [-0.4, -0.2) is 72.3 Å². The summed E-state index contributed by atoms with van der Waals surface area (Å²) in [7, 11) is 1.72. The first kappa shape index (κ1) is 28.8. The van der Waals surface area contributed by atoms with Gasteiger partial charge < -0.3 is 20.4 Å². The third-order valence-corrected chi connectivity index (χ3v) is 8.57. The minimum atomic E-state index is -0.665. The van der Waals surface area contributed by atoms with E-state index < -0.39 is 18.1 Å². The lowest BCUT2D eigenvalue weighted by Gasteiger charge is -2.43. The largest absolute Gasteiger partial charge is 0.343 e. The number of likely N-dealkylation sites (tertiary alicyclic amines) is 2. The predicted octanol–water partition coefficient (Wildman–Crippen LogP) is 3.29. The third-order valence-electron chi connectivity index (χ3n) is 8.57. The molecule has 2 saturated heterocycles. The number of nitrogens with one attached hydrogen (secondary N) is 2. The van der Waals surface area contributed by atoms with Crippen molar-refractivity contribution in [3.8, 4) is 0 Å². The minimum absolute atomic E-state index is 0.0511. The molecule has 2 aromatic rings. The summed E-state index contributed by atoms with van der Waals surface area (Å²) in [6.45, 7) is 7.58. The molecule has 7 heteroatoms. The Kier molecular flexibility index (Phi) is 9.78. The Morgan fingerprint density at radius 3 is 2.15 bits per heavy atom. The van der Waals surface area contributed by atoms with E-state index >= 15 is 0 Å². The smallest absolute Gasteiger partial charge is 0.246 e. The van der Waals surface area contributed by atoms with Gasteiger partial charge in [0.1, 0.15) is 12.1 Å². The summed E-state index contributed by atoms with van der Waals surface area (Å²) in [6.07, 6.45) is 3.54. The number of nitrogens with zero attached hydrogens (tertiary/aromatic N) is 2. The van der Waals surface area contributed by atoms with Gasteiger partial charge in [0.2, 0.25) is 17.7 Å². The molecule has 2 unspecified atom stereocenters. The molecule has 2 aromatic carbocycles. The van der Waals surface area contributed by atoms with E-state index in [1.807, 2.05) is 43.0 Å². The zero-order chi connectivity index (χ0) is 27.9. The summed E-state index contributed by atoms with van der Waals surface area (Å²) < 4.78 is 0. The number of fused-ring (bicyclic) bond motifs is 1. The van der Waals surface area contributed by atoms with Gasteiger partial charge in [-0.2, -0.15) is 0 Å². The molecular weight excluding hydrogens is 488 g/mol. The summed E-state index contributed by atoms with van der Waals surface area (Å²) in [6, 6.07) is 19.2. The average molecular weight is 533 g/mol. The molecule has 2 N–H and O–H groups in total. The van der Waals surface area contributed by atoms with Gasteiger partial charge in [-0.15, -0.1) is 0 Å². The van der Waals surface area contributed by atoms with E-state index in [4.69, 9.17) is 0 Å². The van der Waals surface area contributed by atoms with Gasteiger partial charge in [-0.05, 0) is 68.5 Å². The number of carbonyl (C=O) groups is 3. The summed E-state index contributed by atoms with van der Waals surface area (Å²) in [4.78, 5) is 44.3. The topological polar surface area (TPSA) is 81.8 Å². The molecule has 4 rings (SSSR count). The van der Waals surface area contributed by atoms with E-state index in [0.717, 1.165) is 32.2 Å². The molecule has 0 spiro atoms. The van der Waals surface area contributed by atoms with Crippen LogP contribution in [0.5, 0.6) is 0 Å². The molecule has 2 fully saturated rings. The Bertz CT molecular complexity index is 1110. The molecule has 3 amide bonds. The van der Waals surface area contributed by atoms with Gasteiger partial charge in [0.15, 0.2) is 0 Å². The molecule has 2 aliphatic heterocycles. The first-order chi connectivity index (χ1) is 18.8. The lowest BCUT2D eigenvalue weighted by atomic mass is 9.78. The van der Waals surface area contributed by atoms with Crippen molar-refractivity contribution < 1.29 is 14.4 Å². The van der Waals surface area contributed by atoms with Gasteiger partial charge in [0.25, 0.3) is 0 Å². The number of hydrogen-bond acceptors (Lipinski definition) is 4. The zero-order valence-electron chi connectivity index (χ0n) is 23.8. The molecule has 0 bridgehead atoms. The number of likely N-dealkylation sites (N-methyl/N-ethyl adjacent to an activating group) is 1. The first-order valence-electron chi connectivity index (χ1n) is 14.4.